The van der Waals surface area contributed by atoms with Crippen LogP contribution in [0.1, 0.15) is 12.6 Å². The summed E-state index contributed by atoms with van der Waals surface area (Å²) in [6.07, 6.45) is 0. The predicted molar refractivity (Wildman–Crippen MR) is 101 cm³/mol. The van der Waals surface area contributed by atoms with Gasteiger partial charge in [-0.1, -0.05) is 13.0 Å². The molecule has 140 valence electrons. The van der Waals surface area contributed by atoms with Gasteiger partial charge in [0, 0.05) is 30.2 Å². The third kappa shape index (κ3) is 5.18. The first kappa shape index (κ1) is 18.7. The Morgan fingerprint density at radius 3 is 3.08 bits per heavy atom. The van der Waals surface area contributed by atoms with Crippen LogP contribution >= 0.6 is 11.3 Å². The summed E-state index contributed by atoms with van der Waals surface area (Å²) in [5.41, 5.74) is 3.20. The van der Waals surface area contributed by atoms with Crippen LogP contribution in [0.3, 0.4) is 0 Å². The van der Waals surface area contributed by atoms with Gasteiger partial charge in [-0.2, -0.15) is 0 Å². The summed E-state index contributed by atoms with van der Waals surface area (Å²) in [4.78, 5) is 18.2. The summed E-state index contributed by atoms with van der Waals surface area (Å²) in [6, 6.07) is 6.81. The molecule has 0 saturated carbocycles. The molecule has 9 heteroatoms. The van der Waals surface area contributed by atoms with Gasteiger partial charge in [0.2, 0.25) is 0 Å². The molecule has 7 nitrogen and oxygen atoms in total. The van der Waals surface area contributed by atoms with Crippen LogP contribution in [0.15, 0.2) is 35.2 Å². The van der Waals surface area contributed by atoms with E-state index in [1.54, 1.807) is 28.6 Å². The number of nitrogens with zero attached hydrogens (tertiary/aromatic N) is 2. The second-order valence-electron chi connectivity index (χ2n) is 6.39. The Kier molecular flexibility index (Phi) is 5.77. The van der Waals surface area contributed by atoms with Crippen LogP contribution in [0.4, 0.5) is 10.5 Å². The van der Waals surface area contributed by atoms with Crippen molar-refractivity contribution < 1.29 is 17.9 Å². The zero-order chi connectivity index (χ0) is 18.6. The van der Waals surface area contributed by atoms with Gasteiger partial charge in [-0.3, -0.25) is 0 Å². The number of aromatic nitrogens is 1. The number of ether oxygens (including phenoxy) is 1. The van der Waals surface area contributed by atoms with Gasteiger partial charge in [-0.25, -0.2) is 18.2 Å². The van der Waals surface area contributed by atoms with Gasteiger partial charge in [0.05, 0.1) is 22.7 Å². The van der Waals surface area contributed by atoms with E-state index < -0.39 is 9.84 Å². The Bertz CT molecular complexity index is 853. The number of benzene rings is 1. The number of hydrogen-bond acceptors (Lipinski definition) is 6. The molecule has 3 rings (SSSR count). The summed E-state index contributed by atoms with van der Waals surface area (Å²) < 4.78 is 29.4. The fourth-order valence-electron chi connectivity index (χ4n) is 2.80. The van der Waals surface area contributed by atoms with Crippen molar-refractivity contribution in [2.45, 2.75) is 13.5 Å². The number of hydrogen-bond donors (Lipinski definition) is 1. The largest absolute Gasteiger partial charge is 0.487 e. The van der Waals surface area contributed by atoms with Crippen LogP contribution < -0.4 is 10.1 Å². The number of nitrogens with one attached hydrogen (secondary N) is 1. The molecule has 1 aliphatic heterocycles. The number of carbonyl (C=O) groups is 1. The van der Waals surface area contributed by atoms with Gasteiger partial charge in [0.25, 0.3) is 0 Å². The van der Waals surface area contributed by atoms with E-state index in [1.165, 1.54) is 11.3 Å². The van der Waals surface area contributed by atoms with Crippen molar-refractivity contribution in [2.75, 3.05) is 29.9 Å². The van der Waals surface area contributed by atoms with E-state index in [2.05, 4.69) is 10.3 Å². The summed E-state index contributed by atoms with van der Waals surface area (Å²) in [7, 11) is -3.09. The molecule has 1 N–H and O–H groups in total. The maximum Gasteiger partial charge on any atom is 0.321 e. The first-order chi connectivity index (χ1) is 12.4. The minimum atomic E-state index is -3.09. The van der Waals surface area contributed by atoms with E-state index in [4.69, 9.17) is 4.74 Å². The number of amides is 2. The van der Waals surface area contributed by atoms with Crippen LogP contribution in [0.25, 0.3) is 0 Å². The molecular weight excluding hydrogens is 374 g/mol. The quantitative estimate of drug-likeness (QED) is 0.860. The Morgan fingerprint density at radius 1 is 1.46 bits per heavy atom. The minimum Gasteiger partial charge on any atom is -0.487 e. The van der Waals surface area contributed by atoms with Gasteiger partial charge < -0.3 is 15.0 Å². The summed E-state index contributed by atoms with van der Waals surface area (Å²) in [5.74, 6) is 0.668. The first-order valence-electron chi connectivity index (χ1n) is 8.27. The SMILES string of the molecule is C[C@H]1CN(C(=O)Nc2cccc(OCc3cscn3)c2)CCS(=O)(=O)C1. The topological polar surface area (TPSA) is 88.6 Å². The zero-order valence-corrected chi connectivity index (χ0v) is 16.1. The van der Waals surface area contributed by atoms with E-state index in [0.717, 1.165) is 5.69 Å². The van der Waals surface area contributed by atoms with Crippen LogP contribution in [-0.2, 0) is 16.4 Å². The standard InChI is InChI=1S/C17H21N3O4S2/c1-13-8-20(5-6-26(22,23)11-13)17(21)19-14-3-2-4-16(7-14)24-9-15-10-25-12-18-15/h2-4,7,10,12-13H,5-6,8-9,11H2,1H3,(H,19,21)/t13-/m0/s1. The number of anilines is 1. The molecule has 2 heterocycles. The number of sulfone groups is 1. The molecule has 1 atom stereocenters. The fourth-order valence-corrected chi connectivity index (χ4v) is 4.98. The monoisotopic (exact) mass is 395 g/mol. The Balaban J connectivity index is 1.61. The first-order valence-corrected chi connectivity index (χ1v) is 11.0. The van der Waals surface area contributed by atoms with E-state index in [9.17, 15) is 13.2 Å². The smallest absolute Gasteiger partial charge is 0.321 e. The maximum absolute atomic E-state index is 12.5. The van der Waals surface area contributed by atoms with Crippen molar-refractivity contribution in [2.24, 2.45) is 5.92 Å². The molecule has 1 saturated heterocycles. The highest BCUT2D eigenvalue weighted by Gasteiger charge is 2.26. The molecular formula is C17H21N3O4S2. The van der Waals surface area contributed by atoms with E-state index in [0.29, 0.717) is 24.6 Å². The lowest BCUT2D eigenvalue weighted by atomic mass is 10.2. The molecule has 2 amide bonds. The zero-order valence-electron chi connectivity index (χ0n) is 14.4. The average molecular weight is 396 g/mol. The highest BCUT2D eigenvalue weighted by Crippen LogP contribution is 2.20. The molecule has 1 aliphatic rings. The summed E-state index contributed by atoms with van der Waals surface area (Å²) >= 11 is 1.51. The van der Waals surface area contributed by atoms with E-state index in [-0.39, 0.29) is 30.0 Å². The molecule has 0 bridgehead atoms. The third-order valence-electron chi connectivity index (χ3n) is 3.99. The van der Waals surface area contributed by atoms with Crippen LogP contribution in [0.5, 0.6) is 5.75 Å². The summed E-state index contributed by atoms with van der Waals surface area (Å²) in [6.45, 7) is 2.84. The van der Waals surface area contributed by atoms with Crippen molar-refractivity contribution in [3.8, 4) is 5.75 Å². The van der Waals surface area contributed by atoms with Crippen molar-refractivity contribution in [1.29, 1.82) is 0 Å². The fraction of sp³-hybridized carbons (Fsp3) is 0.412. The summed E-state index contributed by atoms with van der Waals surface area (Å²) in [5, 5.41) is 4.74. The number of urea groups is 1. The average Bonchev–Trinajstić information content (AvgIpc) is 3.05. The van der Waals surface area contributed by atoms with E-state index in [1.807, 2.05) is 18.4 Å². The normalized spacial score (nSPS) is 19.6. The molecule has 0 radical (unpaired) electrons. The second-order valence-corrected chi connectivity index (χ2v) is 9.34. The molecule has 0 unspecified atom stereocenters. The third-order valence-corrected chi connectivity index (χ3v) is 6.50. The molecule has 0 aliphatic carbocycles. The Labute approximate surface area is 156 Å². The number of carbonyl (C=O) groups excluding carboxylic acids is 1. The minimum absolute atomic E-state index is 0.00154. The molecule has 1 fully saturated rings. The van der Waals surface area contributed by atoms with Gasteiger partial charge >= 0.3 is 6.03 Å². The molecule has 26 heavy (non-hydrogen) atoms. The van der Waals surface area contributed by atoms with Crippen molar-refractivity contribution >= 4 is 32.9 Å². The lowest BCUT2D eigenvalue weighted by Crippen LogP contribution is -2.38. The van der Waals surface area contributed by atoms with Crippen LogP contribution in [0, 0.1) is 5.92 Å². The maximum atomic E-state index is 12.5. The molecule has 2 aromatic rings. The highest BCUT2D eigenvalue weighted by molar-refractivity contribution is 7.91. The van der Waals surface area contributed by atoms with Crippen molar-refractivity contribution in [1.82, 2.24) is 9.88 Å². The van der Waals surface area contributed by atoms with Crippen molar-refractivity contribution in [3.05, 3.63) is 40.8 Å². The molecule has 1 aromatic heterocycles. The van der Waals surface area contributed by atoms with Crippen LogP contribution in [-0.4, -0.2) is 48.9 Å². The van der Waals surface area contributed by atoms with Gasteiger partial charge in [0.1, 0.15) is 12.4 Å². The predicted octanol–water partition coefficient (Wildman–Crippen LogP) is 2.62. The Morgan fingerprint density at radius 2 is 2.31 bits per heavy atom. The van der Waals surface area contributed by atoms with Gasteiger partial charge in [-0.05, 0) is 18.1 Å². The van der Waals surface area contributed by atoms with Gasteiger partial charge in [-0.15, -0.1) is 11.3 Å². The lowest BCUT2D eigenvalue weighted by molar-refractivity contribution is 0.210. The van der Waals surface area contributed by atoms with Gasteiger partial charge in [0.15, 0.2) is 9.84 Å². The molecule has 0 spiro atoms. The van der Waals surface area contributed by atoms with Crippen molar-refractivity contribution in [3.63, 3.8) is 0 Å². The number of thiazole rings is 1. The molecule has 1 aromatic carbocycles. The Hall–Kier alpha value is -2.13. The lowest BCUT2D eigenvalue weighted by Gasteiger charge is -2.22. The van der Waals surface area contributed by atoms with Crippen LogP contribution in [0.2, 0.25) is 0 Å². The highest BCUT2D eigenvalue weighted by atomic mass is 32.2. The van der Waals surface area contributed by atoms with E-state index >= 15 is 0 Å². The number of rotatable bonds is 4. The second kappa shape index (κ2) is 8.05.